The van der Waals surface area contributed by atoms with Gasteiger partial charge in [-0.25, -0.2) is 0 Å². The lowest BCUT2D eigenvalue weighted by atomic mass is 10.0. The molecule has 0 saturated heterocycles. The Morgan fingerprint density at radius 2 is 1.09 bits per heavy atom. The van der Waals surface area contributed by atoms with Crippen molar-refractivity contribution in [2.45, 2.75) is 54.0 Å². The van der Waals surface area contributed by atoms with Crippen molar-refractivity contribution in [1.29, 1.82) is 0 Å². The summed E-state index contributed by atoms with van der Waals surface area (Å²) < 4.78 is 0. The number of anilines is 1. The molecule has 222 valence electrons. The molecule has 0 saturated carbocycles. The minimum absolute atomic E-state index is 0.634. The number of amidine groups is 1. The zero-order valence-electron chi connectivity index (χ0n) is 26.5. The zero-order valence-corrected chi connectivity index (χ0v) is 27.4. The number of nitrogens with zero attached hydrogens (tertiary/aromatic N) is 2. The third kappa shape index (κ3) is 7.78. The number of rotatable bonds is 10. The average Bonchev–Trinajstić information content (AvgIpc) is 3.04. The van der Waals surface area contributed by atoms with Gasteiger partial charge in [0, 0.05) is 13.6 Å². The Labute approximate surface area is 264 Å². The summed E-state index contributed by atoms with van der Waals surface area (Å²) in [5.74, 6) is 0.922. The number of aryl methyl sites for hydroxylation is 5. The molecule has 0 aliphatic carbocycles. The largest absolute Gasteiger partial charge is 0.344 e. The number of nitrogens with one attached hydrogen (secondary N) is 1. The van der Waals surface area contributed by atoms with Gasteiger partial charge >= 0.3 is 0 Å². The van der Waals surface area contributed by atoms with Crippen LogP contribution in [0.3, 0.4) is 0 Å². The lowest BCUT2D eigenvalue weighted by Gasteiger charge is -2.22. The topological polar surface area (TPSA) is 36.8 Å². The average molecular weight is 596 g/mol. The summed E-state index contributed by atoms with van der Waals surface area (Å²) in [5, 5.41) is 6.19. The van der Waals surface area contributed by atoms with Gasteiger partial charge in [0.05, 0.1) is 23.5 Å². The molecule has 3 nitrogen and oxygen atoms in total. The summed E-state index contributed by atoms with van der Waals surface area (Å²) in [6, 6.07) is 43.3. The fourth-order valence-corrected chi connectivity index (χ4v) is 7.94. The van der Waals surface area contributed by atoms with Gasteiger partial charge in [0.2, 0.25) is 0 Å². The first-order valence-corrected chi connectivity index (χ1v) is 16.7. The van der Waals surface area contributed by atoms with E-state index >= 15 is 0 Å². The van der Waals surface area contributed by atoms with Crippen LogP contribution < -0.4 is 15.9 Å². The van der Waals surface area contributed by atoms with Crippen LogP contribution in [0.2, 0.25) is 0 Å². The van der Waals surface area contributed by atoms with Crippen LogP contribution in [-0.2, 0) is 13.0 Å². The van der Waals surface area contributed by atoms with Gasteiger partial charge in [-0.1, -0.05) is 121 Å². The van der Waals surface area contributed by atoms with Crippen molar-refractivity contribution in [3.63, 3.8) is 0 Å². The van der Waals surface area contributed by atoms with E-state index in [4.69, 9.17) is 9.98 Å². The molecule has 0 radical (unpaired) electrons. The van der Waals surface area contributed by atoms with Crippen molar-refractivity contribution >= 4 is 41.2 Å². The van der Waals surface area contributed by atoms with Crippen molar-refractivity contribution in [3.8, 4) is 0 Å². The highest BCUT2D eigenvalue weighted by atomic mass is 31.1. The molecular formula is C40H42N3P. The maximum absolute atomic E-state index is 5.50. The normalized spacial score (nSPS) is 12.0. The van der Waals surface area contributed by atoms with Gasteiger partial charge in [0.25, 0.3) is 0 Å². The summed E-state index contributed by atoms with van der Waals surface area (Å²) in [4.78, 5) is 10.5. The second kappa shape index (κ2) is 14.9. The standard InChI is InChI=1S/C40H42N3P/c1-29-16-14-17-30(2)39(29)42-33(5)41-28-35-21-13-12-20-34(35)26-27-38(43-40-31(3)18-15-19-32(40)4)44(36-22-8-6-9-23-36)37-24-10-7-11-25-37/h6-25H,26-28H2,1-5H3,(H,41,42). The smallest absolute Gasteiger partial charge is 0.0979 e. The molecule has 4 heteroatoms. The summed E-state index contributed by atoms with van der Waals surface area (Å²) in [6.45, 7) is 11.3. The fraction of sp³-hybridized carbons (Fsp3) is 0.200. The minimum Gasteiger partial charge on any atom is -0.344 e. The number of aliphatic imine (C=N–C) groups is 2. The third-order valence-electron chi connectivity index (χ3n) is 7.98. The van der Waals surface area contributed by atoms with Crippen molar-refractivity contribution in [1.82, 2.24) is 0 Å². The molecule has 0 spiro atoms. The Kier molecular flexibility index (Phi) is 10.5. The van der Waals surface area contributed by atoms with E-state index in [9.17, 15) is 0 Å². The van der Waals surface area contributed by atoms with Gasteiger partial charge in [-0.2, -0.15) is 0 Å². The van der Waals surface area contributed by atoms with Crippen LogP contribution in [0, 0.1) is 27.7 Å². The van der Waals surface area contributed by atoms with Gasteiger partial charge in [-0.05, 0) is 91.5 Å². The molecule has 0 aromatic heterocycles. The molecule has 0 aliphatic rings. The van der Waals surface area contributed by atoms with Gasteiger partial charge in [-0.3, -0.25) is 9.98 Å². The van der Waals surface area contributed by atoms with E-state index < -0.39 is 7.92 Å². The van der Waals surface area contributed by atoms with Crippen LogP contribution >= 0.6 is 7.92 Å². The second-order valence-corrected chi connectivity index (χ2v) is 13.6. The predicted molar refractivity (Wildman–Crippen MR) is 193 cm³/mol. The van der Waals surface area contributed by atoms with Crippen LogP contribution in [0.25, 0.3) is 0 Å². The number of para-hydroxylation sites is 2. The first kappa shape index (κ1) is 31.1. The molecule has 0 unspecified atom stereocenters. The van der Waals surface area contributed by atoms with E-state index in [0.29, 0.717) is 6.54 Å². The summed E-state index contributed by atoms with van der Waals surface area (Å²) in [6.07, 6.45) is 1.76. The zero-order chi connectivity index (χ0) is 30.9. The van der Waals surface area contributed by atoms with Crippen LogP contribution in [0.1, 0.15) is 46.7 Å². The summed E-state index contributed by atoms with van der Waals surface area (Å²) in [7, 11) is -0.809. The van der Waals surface area contributed by atoms with Crippen molar-refractivity contribution in [2.75, 3.05) is 5.32 Å². The van der Waals surface area contributed by atoms with E-state index in [1.165, 1.54) is 49.4 Å². The first-order valence-electron chi connectivity index (χ1n) is 15.4. The molecule has 5 rings (SSSR count). The molecule has 5 aromatic carbocycles. The molecular weight excluding hydrogens is 553 g/mol. The molecule has 0 heterocycles. The molecule has 0 aliphatic heterocycles. The van der Waals surface area contributed by atoms with Crippen LogP contribution in [0.4, 0.5) is 11.4 Å². The Bertz CT molecular complexity index is 1680. The van der Waals surface area contributed by atoms with E-state index in [1.807, 2.05) is 0 Å². The quantitative estimate of drug-likeness (QED) is 0.0974. The highest BCUT2D eigenvalue weighted by Crippen LogP contribution is 2.40. The van der Waals surface area contributed by atoms with Crippen LogP contribution in [0.5, 0.6) is 0 Å². The van der Waals surface area contributed by atoms with Crippen molar-refractivity contribution < 1.29 is 0 Å². The molecule has 44 heavy (non-hydrogen) atoms. The second-order valence-electron chi connectivity index (χ2n) is 11.3. The fourth-order valence-electron chi connectivity index (χ4n) is 5.57. The van der Waals surface area contributed by atoms with Gasteiger partial charge < -0.3 is 5.32 Å². The SMILES string of the molecule is CC(=NCc1ccccc1CCC(=Nc1c(C)cccc1C)P(c1ccccc1)c1ccccc1)Nc1c(C)cccc1C. The predicted octanol–water partition coefficient (Wildman–Crippen LogP) is 9.75. The maximum atomic E-state index is 5.50. The van der Waals surface area contributed by atoms with E-state index in [-0.39, 0.29) is 0 Å². The number of hydrogen-bond donors (Lipinski definition) is 1. The van der Waals surface area contributed by atoms with Gasteiger partial charge in [0.1, 0.15) is 0 Å². The number of hydrogen-bond acceptors (Lipinski definition) is 2. The highest BCUT2D eigenvalue weighted by Gasteiger charge is 2.21. The molecule has 0 fully saturated rings. The first-order chi connectivity index (χ1) is 21.4. The molecule has 0 bridgehead atoms. The Morgan fingerprint density at radius 3 is 1.66 bits per heavy atom. The van der Waals surface area contributed by atoms with Gasteiger partial charge in [-0.15, -0.1) is 0 Å². The van der Waals surface area contributed by atoms with Crippen LogP contribution in [-0.4, -0.2) is 11.3 Å². The minimum atomic E-state index is -0.809. The lowest BCUT2D eigenvalue weighted by Crippen LogP contribution is -2.19. The lowest BCUT2D eigenvalue weighted by molar-refractivity contribution is 0.970. The molecule has 0 atom stereocenters. The summed E-state index contributed by atoms with van der Waals surface area (Å²) >= 11 is 0. The highest BCUT2D eigenvalue weighted by molar-refractivity contribution is 7.88. The van der Waals surface area contributed by atoms with Crippen molar-refractivity contribution in [2.24, 2.45) is 9.98 Å². The monoisotopic (exact) mass is 595 g/mol. The Balaban J connectivity index is 1.47. The van der Waals surface area contributed by atoms with E-state index in [1.54, 1.807) is 0 Å². The molecule has 5 aromatic rings. The Morgan fingerprint density at radius 1 is 0.591 bits per heavy atom. The molecule has 1 N–H and O–H groups in total. The number of benzene rings is 5. The molecule has 0 amide bonds. The van der Waals surface area contributed by atoms with E-state index in [0.717, 1.165) is 30.1 Å². The van der Waals surface area contributed by atoms with Gasteiger partial charge in [0.15, 0.2) is 0 Å². The van der Waals surface area contributed by atoms with E-state index in [2.05, 4.69) is 161 Å². The maximum Gasteiger partial charge on any atom is 0.0979 e. The van der Waals surface area contributed by atoms with Crippen molar-refractivity contribution in [3.05, 3.63) is 155 Å². The van der Waals surface area contributed by atoms with Crippen LogP contribution in [0.15, 0.2) is 131 Å². The third-order valence-corrected chi connectivity index (χ3v) is 10.4. The Hall–Kier alpha value is -4.33. The summed E-state index contributed by atoms with van der Waals surface area (Å²) in [5.41, 5.74) is 10.9.